The van der Waals surface area contributed by atoms with Gasteiger partial charge >= 0.3 is 0 Å². The first-order valence-corrected chi connectivity index (χ1v) is 5.80. The number of quaternary nitrogens is 1. The quantitative estimate of drug-likeness (QED) is 0.320. The number of nitrogens with zero attached hydrogens (tertiary/aromatic N) is 1. The summed E-state index contributed by atoms with van der Waals surface area (Å²) in [6.45, 7) is 6.29. The van der Waals surface area contributed by atoms with Crippen molar-refractivity contribution in [3.63, 3.8) is 0 Å². The van der Waals surface area contributed by atoms with Crippen LogP contribution in [-0.4, -0.2) is 17.2 Å². The lowest BCUT2D eigenvalue weighted by Gasteiger charge is -2.02. The fourth-order valence-electron chi connectivity index (χ4n) is 0.957. The van der Waals surface area contributed by atoms with Crippen LogP contribution in [0, 0.1) is 10.4 Å². The second-order valence-electron chi connectivity index (χ2n) is 3.83. The summed E-state index contributed by atoms with van der Waals surface area (Å²) in [7, 11) is 0. The SMILES string of the molecule is CC(C)=[N+]([O-])[O-].CCCCCCCC[NH3+]. The predicted molar refractivity (Wildman–Crippen MR) is 64.5 cm³/mol. The van der Waals surface area contributed by atoms with E-state index in [-0.39, 0.29) is 5.71 Å². The molecular formula is C11H26N2O2. The van der Waals surface area contributed by atoms with Crippen LogP contribution in [0.5, 0.6) is 0 Å². The van der Waals surface area contributed by atoms with Crippen molar-refractivity contribution < 1.29 is 10.6 Å². The van der Waals surface area contributed by atoms with Gasteiger partial charge in [-0.05, 0) is 12.8 Å². The van der Waals surface area contributed by atoms with Gasteiger partial charge in [-0.25, -0.2) is 0 Å². The molecule has 0 saturated heterocycles. The van der Waals surface area contributed by atoms with Gasteiger partial charge < -0.3 is 16.1 Å². The third-order valence-electron chi connectivity index (χ3n) is 1.97. The molecule has 0 aromatic rings. The van der Waals surface area contributed by atoms with Crippen LogP contribution >= 0.6 is 0 Å². The van der Waals surface area contributed by atoms with E-state index in [2.05, 4.69) is 12.7 Å². The van der Waals surface area contributed by atoms with E-state index in [1.165, 1.54) is 52.4 Å². The minimum absolute atomic E-state index is 0.231. The van der Waals surface area contributed by atoms with E-state index in [9.17, 15) is 10.4 Å². The molecule has 0 aromatic carbocycles. The van der Waals surface area contributed by atoms with Crippen molar-refractivity contribution in [1.82, 2.24) is 0 Å². The molecule has 0 aromatic heterocycles. The molecule has 92 valence electrons. The summed E-state index contributed by atoms with van der Waals surface area (Å²) in [4.78, 5) is -0.417. The zero-order valence-electron chi connectivity index (χ0n) is 10.4. The summed E-state index contributed by atoms with van der Waals surface area (Å²) in [5.41, 5.74) is 4.03. The van der Waals surface area contributed by atoms with E-state index in [0.717, 1.165) is 6.54 Å². The second-order valence-corrected chi connectivity index (χ2v) is 3.83. The van der Waals surface area contributed by atoms with E-state index in [4.69, 9.17) is 0 Å². The molecular weight excluding hydrogens is 192 g/mol. The molecule has 0 heterocycles. The molecule has 0 atom stereocenters. The summed E-state index contributed by atoms with van der Waals surface area (Å²) >= 11 is 0. The maximum absolute atomic E-state index is 9.47. The van der Waals surface area contributed by atoms with E-state index >= 15 is 0 Å². The molecule has 0 spiro atoms. The lowest BCUT2D eigenvalue weighted by atomic mass is 10.1. The molecule has 0 saturated carbocycles. The van der Waals surface area contributed by atoms with Gasteiger partial charge in [0.2, 0.25) is 0 Å². The Morgan fingerprint density at radius 3 is 1.73 bits per heavy atom. The van der Waals surface area contributed by atoms with E-state index in [1.807, 2.05) is 0 Å². The molecule has 0 aliphatic rings. The molecule has 0 radical (unpaired) electrons. The number of unbranched alkanes of at least 4 members (excludes halogenated alkanes) is 5. The molecule has 0 unspecified atom stereocenters. The maximum Gasteiger partial charge on any atom is 0.169 e. The summed E-state index contributed by atoms with van der Waals surface area (Å²) in [5.74, 6) is 0. The van der Waals surface area contributed by atoms with E-state index < -0.39 is 4.90 Å². The first-order chi connectivity index (χ1) is 7.06. The molecule has 4 heteroatoms. The van der Waals surface area contributed by atoms with Gasteiger partial charge in [-0.3, -0.25) is 0 Å². The summed E-state index contributed by atoms with van der Waals surface area (Å²) in [6.07, 6.45) is 8.33. The van der Waals surface area contributed by atoms with Gasteiger partial charge in [-0.1, -0.05) is 32.6 Å². The highest BCUT2D eigenvalue weighted by Crippen LogP contribution is 2.03. The van der Waals surface area contributed by atoms with E-state index in [0.29, 0.717) is 0 Å². The fourth-order valence-corrected chi connectivity index (χ4v) is 0.957. The highest BCUT2D eigenvalue weighted by molar-refractivity contribution is 5.73. The van der Waals surface area contributed by atoms with Crippen molar-refractivity contribution in [2.75, 3.05) is 6.54 Å². The van der Waals surface area contributed by atoms with Crippen LogP contribution in [0.3, 0.4) is 0 Å². The predicted octanol–water partition coefficient (Wildman–Crippen LogP) is 2.06. The highest BCUT2D eigenvalue weighted by Gasteiger charge is 1.87. The third-order valence-corrected chi connectivity index (χ3v) is 1.97. The zero-order chi connectivity index (χ0) is 12.1. The molecule has 0 fully saturated rings. The highest BCUT2D eigenvalue weighted by atomic mass is 16.8. The van der Waals surface area contributed by atoms with Crippen molar-refractivity contribution in [1.29, 1.82) is 0 Å². The molecule has 0 bridgehead atoms. The number of hydrogen-bond donors (Lipinski definition) is 1. The van der Waals surface area contributed by atoms with Gasteiger partial charge in [0.15, 0.2) is 5.71 Å². The largest absolute Gasteiger partial charge is 0.612 e. The van der Waals surface area contributed by atoms with Crippen molar-refractivity contribution in [2.24, 2.45) is 0 Å². The molecule has 4 nitrogen and oxygen atoms in total. The van der Waals surface area contributed by atoms with Gasteiger partial charge in [0.25, 0.3) is 0 Å². The Labute approximate surface area is 93.3 Å². The van der Waals surface area contributed by atoms with Gasteiger partial charge in [-0.15, -0.1) is 0 Å². The Kier molecular flexibility index (Phi) is 14.7. The van der Waals surface area contributed by atoms with Gasteiger partial charge in [-0.2, -0.15) is 4.90 Å². The van der Waals surface area contributed by atoms with E-state index in [1.54, 1.807) is 0 Å². The average molecular weight is 218 g/mol. The van der Waals surface area contributed by atoms with Crippen LogP contribution in [0.4, 0.5) is 0 Å². The smallest absolute Gasteiger partial charge is 0.169 e. The van der Waals surface area contributed by atoms with Crippen molar-refractivity contribution in [2.45, 2.75) is 59.3 Å². The van der Waals surface area contributed by atoms with Crippen LogP contribution in [-0.2, 0) is 0 Å². The minimum atomic E-state index is -0.417. The Hall–Kier alpha value is -0.770. The molecule has 0 rings (SSSR count). The Balaban J connectivity index is 0. The lowest BCUT2D eigenvalue weighted by molar-refractivity contribution is -0.380. The Bertz CT molecular complexity index is 135. The molecule has 0 amide bonds. The van der Waals surface area contributed by atoms with Crippen LogP contribution in [0.25, 0.3) is 0 Å². The molecule has 0 aliphatic heterocycles. The molecule has 3 N–H and O–H groups in total. The van der Waals surface area contributed by atoms with Crippen LogP contribution in [0.2, 0.25) is 0 Å². The third kappa shape index (κ3) is 19.6. The van der Waals surface area contributed by atoms with Crippen molar-refractivity contribution >= 4 is 5.71 Å². The fraction of sp³-hybridized carbons (Fsp3) is 0.909. The molecule has 15 heavy (non-hydrogen) atoms. The van der Waals surface area contributed by atoms with Crippen LogP contribution in [0.15, 0.2) is 0 Å². The minimum Gasteiger partial charge on any atom is -0.612 e. The standard InChI is InChI=1S/C8H19N.C3H6NO2/c1-2-3-4-5-6-7-8-9;1-3(2)4(5)6/h2-9H2,1H3;1-2H3/q;-1/p+1. The molecule has 0 aliphatic carbocycles. The normalized spacial score (nSPS) is 9.07. The van der Waals surface area contributed by atoms with Crippen molar-refractivity contribution in [3.05, 3.63) is 10.4 Å². The topological polar surface area (TPSA) is 76.8 Å². The van der Waals surface area contributed by atoms with Gasteiger partial charge in [0.05, 0.1) is 6.54 Å². The lowest BCUT2D eigenvalue weighted by Crippen LogP contribution is -2.50. The zero-order valence-corrected chi connectivity index (χ0v) is 10.4. The monoisotopic (exact) mass is 218 g/mol. The first-order valence-electron chi connectivity index (χ1n) is 5.80. The number of hydrogen-bond acceptors (Lipinski definition) is 2. The summed E-state index contributed by atoms with van der Waals surface area (Å²) in [5, 5.41) is 18.9. The van der Waals surface area contributed by atoms with Crippen LogP contribution < -0.4 is 5.73 Å². The first kappa shape index (κ1) is 16.7. The second kappa shape index (κ2) is 13.2. The number of rotatable bonds is 6. The average Bonchev–Trinajstić information content (AvgIpc) is 2.18. The Morgan fingerprint density at radius 2 is 1.40 bits per heavy atom. The maximum atomic E-state index is 9.47. The van der Waals surface area contributed by atoms with Gasteiger partial charge in [0, 0.05) is 13.8 Å². The van der Waals surface area contributed by atoms with Crippen molar-refractivity contribution in [3.8, 4) is 0 Å². The van der Waals surface area contributed by atoms with Gasteiger partial charge in [0.1, 0.15) is 0 Å². The van der Waals surface area contributed by atoms with Crippen LogP contribution in [0.1, 0.15) is 59.3 Å². The Morgan fingerprint density at radius 1 is 1.00 bits per heavy atom. The summed E-state index contributed by atoms with van der Waals surface area (Å²) in [6, 6.07) is 0. The summed E-state index contributed by atoms with van der Waals surface area (Å²) < 4.78 is 0.